The summed E-state index contributed by atoms with van der Waals surface area (Å²) in [5, 5.41) is 6.50. The Morgan fingerprint density at radius 3 is 2.82 bits per heavy atom. The van der Waals surface area contributed by atoms with Crippen molar-refractivity contribution >= 4 is 11.6 Å². The molecule has 0 bridgehead atoms. The van der Waals surface area contributed by atoms with Gasteiger partial charge in [-0.05, 0) is 33.4 Å². The first-order valence-corrected chi connectivity index (χ1v) is 6.16. The zero-order chi connectivity index (χ0) is 12.3. The number of nitrogens with one attached hydrogen (secondary N) is 2. The van der Waals surface area contributed by atoms with E-state index in [1.165, 1.54) is 19.4 Å². The number of aromatic nitrogens is 2. The van der Waals surface area contributed by atoms with Crippen LogP contribution < -0.4 is 10.6 Å². The fourth-order valence-electron chi connectivity index (χ4n) is 2.33. The first-order valence-electron chi connectivity index (χ1n) is 6.16. The summed E-state index contributed by atoms with van der Waals surface area (Å²) in [4.78, 5) is 10.9. The average Bonchev–Trinajstić information content (AvgIpc) is 2.74. The highest BCUT2D eigenvalue weighted by atomic mass is 15.2. The lowest BCUT2D eigenvalue weighted by Crippen LogP contribution is -2.31. The van der Waals surface area contributed by atoms with Crippen molar-refractivity contribution in [1.82, 2.24) is 14.9 Å². The Morgan fingerprint density at radius 2 is 2.18 bits per heavy atom. The molecule has 17 heavy (non-hydrogen) atoms. The molecule has 2 N–H and O–H groups in total. The van der Waals surface area contributed by atoms with Crippen LogP contribution >= 0.6 is 0 Å². The Bertz CT molecular complexity index is 379. The standard InChI is InChI=1S/C12H21N5/c1-9-11(13-2)15-8-16-12(9)14-7-10-5-4-6-17(10)3/h8,10H,4-7H2,1-3H3,(H2,13,14,15,16). The minimum Gasteiger partial charge on any atom is -0.373 e. The largest absolute Gasteiger partial charge is 0.373 e. The van der Waals surface area contributed by atoms with Gasteiger partial charge in [0.2, 0.25) is 0 Å². The zero-order valence-corrected chi connectivity index (χ0v) is 10.8. The maximum absolute atomic E-state index is 4.29. The molecule has 94 valence electrons. The van der Waals surface area contributed by atoms with Gasteiger partial charge < -0.3 is 15.5 Å². The third kappa shape index (κ3) is 2.66. The number of hydrogen-bond acceptors (Lipinski definition) is 5. The predicted molar refractivity (Wildman–Crippen MR) is 70.5 cm³/mol. The fraction of sp³-hybridized carbons (Fsp3) is 0.667. The van der Waals surface area contributed by atoms with Gasteiger partial charge in [0.1, 0.15) is 18.0 Å². The molecule has 2 rings (SSSR count). The van der Waals surface area contributed by atoms with Crippen molar-refractivity contribution in [3.8, 4) is 0 Å². The van der Waals surface area contributed by atoms with E-state index in [0.717, 1.165) is 23.7 Å². The lowest BCUT2D eigenvalue weighted by molar-refractivity contribution is 0.322. The summed E-state index contributed by atoms with van der Waals surface area (Å²) < 4.78 is 0. The highest BCUT2D eigenvalue weighted by molar-refractivity contribution is 5.56. The van der Waals surface area contributed by atoms with Crippen molar-refractivity contribution in [2.24, 2.45) is 0 Å². The van der Waals surface area contributed by atoms with Crippen LogP contribution in [0.3, 0.4) is 0 Å². The van der Waals surface area contributed by atoms with E-state index in [9.17, 15) is 0 Å². The summed E-state index contributed by atoms with van der Waals surface area (Å²) in [6.07, 6.45) is 4.17. The predicted octanol–water partition coefficient (Wildman–Crippen LogP) is 1.33. The van der Waals surface area contributed by atoms with Crippen molar-refractivity contribution in [2.75, 3.05) is 37.8 Å². The number of hydrogen-bond donors (Lipinski definition) is 2. The van der Waals surface area contributed by atoms with E-state index in [1.807, 2.05) is 14.0 Å². The smallest absolute Gasteiger partial charge is 0.134 e. The van der Waals surface area contributed by atoms with Crippen molar-refractivity contribution < 1.29 is 0 Å². The molecule has 5 nitrogen and oxygen atoms in total. The quantitative estimate of drug-likeness (QED) is 0.824. The molecule has 1 atom stereocenters. The van der Waals surface area contributed by atoms with Gasteiger partial charge in [0, 0.05) is 25.2 Å². The molecule has 1 aromatic rings. The van der Waals surface area contributed by atoms with E-state index in [-0.39, 0.29) is 0 Å². The Kier molecular flexibility index (Phi) is 3.78. The fourth-order valence-corrected chi connectivity index (χ4v) is 2.33. The molecule has 0 aliphatic carbocycles. The first-order chi connectivity index (χ1) is 8.22. The lowest BCUT2D eigenvalue weighted by Gasteiger charge is -2.20. The topological polar surface area (TPSA) is 53.1 Å². The van der Waals surface area contributed by atoms with Crippen molar-refractivity contribution in [1.29, 1.82) is 0 Å². The van der Waals surface area contributed by atoms with Crippen LogP contribution in [0.1, 0.15) is 18.4 Å². The van der Waals surface area contributed by atoms with Crippen LogP contribution in [0.4, 0.5) is 11.6 Å². The first kappa shape index (κ1) is 12.1. The number of rotatable bonds is 4. The average molecular weight is 235 g/mol. The summed E-state index contributed by atoms with van der Waals surface area (Å²) in [7, 11) is 4.06. The van der Waals surface area contributed by atoms with Crippen LogP contribution in [0.5, 0.6) is 0 Å². The summed E-state index contributed by atoms with van der Waals surface area (Å²) in [6, 6.07) is 0.627. The summed E-state index contributed by atoms with van der Waals surface area (Å²) >= 11 is 0. The van der Waals surface area contributed by atoms with Gasteiger partial charge in [-0.3, -0.25) is 0 Å². The Morgan fingerprint density at radius 1 is 1.41 bits per heavy atom. The van der Waals surface area contributed by atoms with Crippen LogP contribution in [-0.2, 0) is 0 Å². The van der Waals surface area contributed by atoms with Crippen LogP contribution in [0.25, 0.3) is 0 Å². The summed E-state index contributed by atoms with van der Waals surface area (Å²) in [5.41, 5.74) is 1.08. The summed E-state index contributed by atoms with van der Waals surface area (Å²) in [6.45, 7) is 4.20. The molecule has 1 aromatic heterocycles. The molecule has 1 aliphatic rings. The molecule has 0 radical (unpaired) electrons. The van der Waals surface area contributed by atoms with E-state index < -0.39 is 0 Å². The van der Waals surface area contributed by atoms with Crippen LogP contribution in [0.15, 0.2) is 6.33 Å². The molecule has 1 unspecified atom stereocenters. The van der Waals surface area contributed by atoms with Gasteiger partial charge in [-0.1, -0.05) is 0 Å². The van der Waals surface area contributed by atoms with Gasteiger partial charge in [0.15, 0.2) is 0 Å². The Balaban J connectivity index is 1.99. The van der Waals surface area contributed by atoms with Gasteiger partial charge in [-0.25, -0.2) is 9.97 Å². The Labute approximate surface area is 103 Å². The Hall–Kier alpha value is -1.36. The second kappa shape index (κ2) is 5.31. The maximum Gasteiger partial charge on any atom is 0.134 e. The molecule has 0 spiro atoms. The van der Waals surface area contributed by atoms with Crippen LogP contribution in [-0.4, -0.2) is 48.1 Å². The second-order valence-electron chi connectivity index (χ2n) is 4.60. The number of likely N-dealkylation sites (N-methyl/N-ethyl adjacent to an activating group) is 1. The van der Waals surface area contributed by atoms with Crippen LogP contribution in [0.2, 0.25) is 0 Å². The monoisotopic (exact) mass is 235 g/mol. The molecule has 2 heterocycles. The van der Waals surface area contributed by atoms with Crippen molar-refractivity contribution in [2.45, 2.75) is 25.8 Å². The van der Waals surface area contributed by atoms with Crippen molar-refractivity contribution in [3.63, 3.8) is 0 Å². The molecule has 1 aliphatic heterocycles. The van der Waals surface area contributed by atoms with E-state index in [2.05, 4.69) is 32.5 Å². The van der Waals surface area contributed by atoms with E-state index in [0.29, 0.717) is 6.04 Å². The molecule has 0 saturated carbocycles. The van der Waals surface area contributed by atoms with Crippen LogP contribution in [0, 0.1) is 6.92 Å². The molecule has 5 heteroatoms. The van der Waals surface area contributed by atoms with Gasteiger partial charge in [-0.15, -0.1) is 0 Å². The van der Waals surface area contributed by atoms with Gasteiger partial charge in [0.25, 0.3) is 0 Å². The number of anilines is 2. The lowest BCUT2D eigenvalue weighted by atomic mass is 10.2. The van der Waals surface area contributed by atoms with E-state index in [4.69, 9.17) is 0 Å². The summed E-state index contributed by atoms with van der Waals surface area (Å²) in [5.74, 6) is 1.83. The third-order valence-corrected chi connectivity index (χ3v) is 3.50. The highest BCUT2D eigenvalue weighted by Gasteiger charge is 2.20. The zero-order valence-electron chi connectivity index (χ0n) is 10.8. The van der Waals surface area contributed by atoms with Gasteiger partial charge in [0.05, 0.1) is 0 Å². The SMILES string of the molecule is CNc1ncnc(NCC2CCCN2C)c1C. The normalized spacial score (nSPS) is 20.5. The molecule has 0 aromatic carbocycles. The third-order valence-electron chi connectivity index (χ3n) is 3.50. The highest BCUT2D eigenvalue weighted by Crippen LogP contribution is 2.19. The van der Waals surface area contributed by atoms with Crippen molar-refractivity contribution in [3.05, 3.63) is 11.9 Å². The molecule has 1 fully saturated rings. The van der Waals surface area contributed by atoms with Gasteiger partial charge in [-0.2, -0.15) is 0 Å². The molecule has 1 saturated heterocycles. The number of nitrogens with zero attached hydrogens (tertiary/aromatic N) is 3. The molecular formula is C12H21N5. The molecule has 0 amide bonds. The number of likely N-dealkylation sites (tertiary alicyclic amines) is 1. The second-order valence-corrected chi connectivity index (χ2v) is 4.60. The molecular weight excluding hydrogens is 214 g/mol. The minimum atomic E-state index is 0.627. The van der Waals surface area contributed by atoms with Gasteiger partial charge >= 0.3 is 0 Å². The van der Waals surface area contributed by atoms with E-state index >= 15 is 0 Å². The maximum atomic E-state index is 4.29. The minimum absolute atomic E-state index is 0.627. The van der Waals surface area contributed by atoms with E-state index in [1.54, 1.807) is 6.33 Å².